The van der Waals surface area contributed by atoms with Crippen molar-refractivity contribution in [2.45, 2.75) is 5.75 Å². The number of nitrogens with one attached hydrogen (secondary N) is 1. The van der Waals surface area contributed by atoms with Crippen LogP contribution in [0.15, 0.2) is 41.0 Å². The Labute approximate surface area is 152 Å². The Hall–Kier alpha value is -1.76. The second-order valence-electron chi connectivity index (χ2n) is 5.02. The Morgan fingerprint density at radius 2 is 1.96 bits per heavy atom. The van der Waals surface area contributed by atoms with Gasteiger partial charge < -0.3 is 5.32 Å². The van der Waals surface area contributed by atoms with E-state index >= 15 is 0 Å². The predicted molar refractivity (Wildman–Crippen MR) is 96.8 cm³/mol. The molecule has 1 amide bonds. The molecule has 0 aliphatic rings. The minimum Gasteiger partial charge on any atom is -0.351 e. The van der Waals surface area contributed by atoms with Crippen molar-refractivity contribution in [3.8, 4) is 0 Å². The highest BCUT2D eigenvalue weighted by Crippen LogP contribution is 2.21. The van der Waals surface area contributed by atoms with Gasteiger partial charge in [0.05, 0.1) is 10.6 Å². The van der Waals surface area contributed by atoms with Crippen LogP contribution in [0.2, 0.25) is 10.0 Å². The molecule has 0 aliphatic carbocycles. The third-order valence-corrected chi connectivity index (χ3v) is 4.87. The average Bonchev–Trinajstić information content (AvgIpc) is 3.02. The molecule has 1 heterocycles. The Bertz CT molecular complexity index is 869. The van der Waals surface area contributed by atoms with Gasteiger partial charge in [-0.2, -0.15) is 11.8 Å². The first-order valence-corrected chi connectivity index (χ1v) is 9.07. The minimum atomic E-state index is -0.202. The third kappa shape index (κ3) is 4.20. The van der Waals surface area contributed by atoms with E-state index in [-0.39, 0.29) is 5.91 Å². The zero-order valence-electron chi connectivity index (χ0n) is 12.5. The fraction of sp³-hybridized carbons (Fsp3) is 0.188. The Balaban J connectivity index is 1.44. The van der Waals surface area contributed by atoms with Crippen LogP contribution in [0, 0.1) is 0 Å². The van der Waals surface area contributed by atoms with E-state index in [1.807, 2.05) is 18.2 Å². The second kappa shape index (κ2) is 7.88. The molecule has 0 unspecified atom stereocenters. The Morgan fingerprint density at radius 1 is 1.12 bits per heavy atom. The lowest BCUT2D eigenvalue weighted by Gasteiger charge is -2.07. The standard InChI is InChI=1S/C16H13Cl2N3O2S/c17-11-2-3-12(13(18)8-11)16(22)19-5-6-24-9-10-1-4-14-15(7-10)21-23-20-14/h1-4,7-8H,5-6,9H2,(H,19,22). The molecule has 3 rings (SSSR count). The molecule has 0 radical (unpaired) electrons. The summed E-state index contributed by atoms with van der Waals surface area (Å²) in [5.74, 6) is 1.40. The smallest absolute Gasteiger partial charge is 0.252 e. The lowest BCUT2D eigenvalue weighted by Crippen LogP contribution is -2.26. The van der Waals surface area contributed by atoms with Crippen molar-refractivity contribution in [2.24, 2.45) is 0 Å². The van der Waals surface area contributed by atoms with Gasteiger partial charge in [-0.3, -0.25) is 4.79 Å². The molecule has 3 aromatic rings. The summed E-state index contributed by atoms with van der Waals surface area (Å²) >= 11 is 13.5. The number of carbonyl (C=O) groups is 1. The highest BCUT2D eigenvalue weighted by molar-refractivity contribution is 7.98. The van der Waals surface area contributed by atoms with Crippen LogP contribution in [0.1, 0.15) is 15.9 Å². The highest BCUT2D eigenvalue weighted by atomic mass is 35.5. The Morgan fingerprint density at radius 3 is 2.79 bits per heavy atom. The summed E-state index contributed by atoms with van der Waals surface area (Å²) in [5, 5.41) is 11.3. The van der Waals surface area contributed by atoms with Gasteiger partial charge in [0.1, 0.15) is 11.0 Å². The summed E-state index contributed by atoms with van der Waals surface area (Å²) < 4.78 is 4.68. The molecule has 24 heavy (non-hydrogen) atoms. The zero-order chi connectivity index (χ0) is 16.9. The van der Waals surface area contributed by atoms with Crippen LogP contribution in [0.25, 0.3) is 11.0 Å². The summed E-state index contributed by atoms with van der Waals surface area (Å²) in [4.78, 5) is 12.1. The van der Waals surface area contributed by atoms with Gasteiger partial charge in [-0.1, -0.05) is 29.3 Å². The quantitative estimate of drug-likeness (QED) is 0.648. The number of nitrogens with zero attached hydrogens (tertiary/aromatic N) is 2. The van der Waals surface area contributed by atoms with Gasteiger partial charge in [0.15, 0.2) is 0 Å². The summed E-state index contributed by atoms with van der Waals surface area (Å²) in [7, 11) is 0. The van der Waals surface area contributed by atoms with Crippen molar-refractivity contribution in [1.82, 2.24) is 15.6 Å². The number of rotatable bonds is 6. The third-order valence-electron chi connectivity index (χ3n) is 3.29. The number of hydrogen-bond acceptors (Lipinski definition) is 5. The van der Waals surface area contributed by atoms with Crippen molar-refractivity contribution in [2.75, 3.05) is 12.3 Å². The van der Waals surface area contributed by atoms with Crippen LogP contribution < -0.4 is 5.32 Å². The lowest BCUT2D eigenvalue weighted by molar-refractivity contribution is 0.0956. The number of thioether (sulfide) groups is 1. The highest BCUT2D eigenvalue weighted by Gasteiger charge is 2.10. The molecule has 8 heteroatoms. The van der Waals surface area contributed by atoms with Gasteiger partial charge in [0, 0.05) is 23.1 Å². The Kier molecular flexibility index (Phi) is 5.60. The van der Waals surface area contributed by atoms with Gasteiger partial charge in [0.25, 0.3) is 5.91 Å². The molecule has 124 valence electrons. The molecule has 0 fully saturated rings. The number of carbonyl (C=O) groups excluding carboxylic acids is 1. The SMILES string of the molecule is O=C(NCCSCc1ccc2nonc2c1)c1ccc(Cl)cc1Cl. The van der Waals surface area contributed by atoms with Crippen LogP contribution in [-0.4, -0.2) is 28.5 Å². The van der Waals surface area contributed by atoms with Gasteiger partial charge in [0.2, 0.25) is 0 Å². The monoisotopic (exact) mass is 381 g/mol. The fourth-order valence-corrected chi connectivity index (χ4v) is 3.41. The molecule has 0 spiro atoms. The van der Waals surface area contributed by atoms with Crippen molar-refractivity contribution in [3.05, 3.63) is 57.6 Å². The van der Waals surface area contributed by atoms with Crippen LogP contribution in [-0.2, 0) is 5.75 Å². The van der Waals surface area contributed by atoms with Crippen molar-refractivity contribution < 1.29 is 9.42 Å². The topological polar surface area (TPSA) is 68.0 Å². The van der Waals surface area contributed by atoms with E-state index in [1.54, 1.807) is 30.0 Å². The lowest BCUT2D eigenvalue weighted by atomic mass is 10.2. The average molecular weight is 382 g/mol. The molecule has 0 atom stereocenters. The molecule has 1 N–H and O–H groups in total. The van der Waals surface area contributed by atoms with E-state index in [0.717, 1.165) is 28.1 Å². The summed E-state index contributed by atoms with van der Waals surface area (Å²) in [6.45, 7) is 0.552. The van der Waals surface area contributed by atoms with Crippen LogP contribution in [0.5, 0.6) is 0 Å². The summed E-state index contributed by atoms with van der Waals surface area (Å²) in [5.41, 5.74) is 3.06. The summed E-state index contributed by atoms with van der Waals surface area (Å²) in [6.07, 6.45) is 0. The van der Waals surface area contributed by atoms with Crippen LogP contribution >= 0.6 is 35.0 Å². The molecule has 0 saturated carbocycles. The second-order valence-corrected chi connectivity index (χ2v) is 6.97. The molecular formula is C16H13Cl2N3O2S. The van der Waals surface area contributed by atoms with E-state index in [9.17, 15) is 4.79 Å². The van der Waals surface area contributed by atoms with E-state index in [2.05, 4.69) is 20.3 Å². The van der Waals surface area contributed by atoms with E-state index in [0.29, 0.717) is 22.2 Å². The molecule has 0 bridgehead atoms. The summed E-state index contributed by atoms with van der Waals surface area (Å²) in [6, 6.07) is 10.6. The maximum absolute atomic E-state index is 12.1. The fourth-order valence-electron chi connectivity index (χ4n) is 2.11. The molecular weight excluding hydrogens is 369 g/mol. The zero-order valence-corrected chi connectivity index (χ0v) is 14.8. The van der Waals surface area contributed by atoms with Crippen molar-refractivity contribution in [1.29, 1.82) is 0 Å². The first-order chi connectivity index (χ1) is 11.6. The van der Waals surface area contributed by atoms with E-state index in [1.165, 1.54) is 0 Å². The maximum Gasteiger partial charge on any atom is 0.252 e. The number of halogens is 2. The molecule has 0 aliphatic heterocycles. The largest absolute Gasteiger partial charge is 0.351 e. The number of hydrogen-bond donors (Lipinski definition) is 1. The van der Waals surface area contributed by atoms with Crippen molar-refractivity contribution >= 4 is 51.9 Å². The van der Waals surface area contributed by atoms with Gasteiger partial charge in [-0.15, -0.1) is 0 Å². The first-order valence-electron chi connectivity index (χ1n) is 7.15. The van der Waals surface area contributed by atoms with Crippen LogP contribution in [0.3, 0.4) is 0 Å². The molecule has 1 aromatic heterocycles. The van der Waals surface area contributed by atoms with E-state index in [4.69, 9.17) is 23.2 Å². The maximum atomic E-state index is 12.1. The molecule has 5 nitrogen and oxygen atoms in total. The number of fused-ring (bicyclic) bond motifs is 1. The number of amides is 1. The van der Waals surface area contributed by atoms with Gasteiger partial charge in [-0.25, -0.2) is 4.63 Å². The first kappa shape index (κ1) is 17.1. The molecule has 2 aromatic carbocycles. The number of benzene rings is 2. The minimum absolute atomic E-state index is 0.202. The van der Waals surface area contributed by atoms with Crippen LogP contribution in [0.4, 0.5) is 0 Å². The van der Waals surface area contributed by atoms with Gasteiger partial charge >= 0.3 is 0 Å². The predicted octanol–water partition coefficient (Wildman–Crippen LogP) is 4.19. The van der Waals surface area contributed by atoms with Gasteiger partial charge in [-0.05, 0) is 46.2 Å². The molecule has 0 saturated heterocycles. The van der Waals surface area contributed by atoms with E-state index < -0.39 is 0 Å². The normalized spacial score (nSPS) is 10.9. The van der Waals surface area contributed by atoms with Crippen molar-refractivity contribution in [3.63, 3.8) is 0 Å². The number of aromatic nitrogens is 2.